The van der Waals surface area contributed by atoms with Crippen LogP contribution in [0.4, 0.5) is 0 Å². The summed E-state index contributed by atoms with van der Waals surface area (Å²) in [6.07, 6.45) is 13.8. The minimum absolute atomic E-state index is 0.107. The fourth-order valence-corrected chi connectivity index (χ4v) is 12.9. The maximum absolute atomic E-state index is 14.3. The predicted octanol–water partition coefficient (Wildman–Crippen LogP) is 10.5. The largest absolute Gasteiger partial charge is 0.496 e. The highest BCUT2D eigenvalue weighted by Crippen LogP contribution is 2.56. The monoisotopic (exact) mass is 639 g/mol. The van der Waals surface area contributed by atoms with Crippen LogP contribution in [-0.2, 0) is 21.8 Å². The maximum atomic E-state index is 14.3. The van der Waals surface area contributed by atoms with E-state index >= 15 is 0 Å². The van der Waals surface area contributed by atoms with Gasteiger partial charge in [0.05, 0.1) is 17.9 Å². The molecule has 5 heteroatoms. The summed E-state index contributed by atoms with van der Waals surface area (Å²) in [6, 6.07) is 14.0. The van der Waals surface area contributed by atoms with Gasteiger partial charge < -0.3 is 4.74 Å². The van der Waals surface area contributed by atoms with Crippen molar-refractivity contribution in [2.45, 2.75) is 159 Å². The van der Waals surface area contributed by atoms with Crippen molar-refractivity contribution in [1.29, 1.82) is 0 Å². The lowest BCUT2D eigenvalue weighted by Crippen LogP contribution is -2.40. The van der Waals surface area contributed by atoms with Crippen molar-refractivity contribution < 1.29 is 8.95 Å². The van der Waals surface area contributed by atoms with Crippen LogP contribution in [0.15, 0.2) is 36.4 Å². The molecule has 0 aliphatic heterocycles. The molecule has 2 atom stereocenters. The van der Waals surface area contributed by atoms with Crippen LogP contribution in [-0.4, -0.2) is 38.7 Å². The first-order valence-corrected chi connectivity index (χ1v) is 19.9. The SMILES string of the molecule is COc1c(C(C)(C)C)cc(C(c2ccccc2P(C2CCCCC2)C2CCCCC2)N(C)[S@](=O)C(C)(C)C)cc1C(C)(C)C. The van der Waals surface area contributed by atoms with Crippen LogP contribution in [0.2, 0.25) is 0 Å². The standard InChI is InChI=1S/C39H62NO2PS/c1-37(2,3)32-26-28(27-33(36(32)42-11)38(4,5)6)35(40(10)44(41)39(7,8)9)31-24-18-19-25-34(31)43(29-20-14-12-15-21-29)30-22-16-13-17-23-30/h18-19,24-27,29-30,35H,12-17,20-23H2,1-11H3/t35?,44-/m1/s1. The van der Waals surface area contributed by atoms with E-state index in [0.717, 1.165) is 17.1 Å². The molecule has 246 valence electrons. The van der Waals surface area contributed by atoms with Crippen molar-refractivity contribution >= 4 is 24.2 Å². The molecule has 0 heterocycles. The summed E-state index contributed by atoms with van der Waals surface area (Å²) in [5.74, 6) is 0.993. The van der Waals surface area contributed by atoms with E-state index in [4.69, 9.17) is 4.74 Å². The summed E-state index contributed by atoms with van der Waals surface area (Å²) in [6.45, 7) is 20.0. The van der Waals surface area contributed by atoms with Crippen molar-refractivity contribution in [3.63, 3.8) is 0 Å². The van der Waals surface area contributed by atoms with Gasteiger partial charge in [-0.25, -0.2) is 8.51 Å². The summed E-state index contributed by atoms with van der Waals surface area (Å²) < 4.78 is 22.3. The smallest absolute Gasteiger partial charge is 0.126 e. The van der Waals surface area contributed by atoms with E-state index in [2.05, 4.69) is 110 Å². The van der Waals surface area contributed by atoms with Crippen molar-refractivity contribution in [3.8, 4) is 5.75 Å². The van der Waals surface area contributed by atoms with Crippen LogP contribution in [0.25, 0.3) is 0 Å². The summed E-state index contributed by atoms with van der Waals surface area (Å²) >= 11 is 0. The third-order valence-corrected chi connectivity index (χ3v) is 15.2. The zero-order valence-corrected chi connectivity index (χ0v) is 31.6. The van der Waals surface area contributed by atoms with Gasteiger partial charge in [-0.2, -0.15) is 0 Å². The zero-order chi connectivity index (χ0) is 32.4. The molecule has 44 heavy (non-hydrogen) atoms. The fourth-order valence-electron chi connectivity index (χ4n) is 7.62. The molecule has 2 saturated carbocycles. The molecule has 0 spiro atoms. The molecular formula is C39H62NO2PS. The zero-order valence-electron chi connectivity index (χ0n) is 29.9. The highest BCUT2D eigenvalue weighted by Gasteiger charge is 2.39. The molecule has 2 aromatic carbocycles. The number of methoxy groups -OCH3 is 1. The van der Waals surface area contributed by atoms with Crippen molar-refractivity contribution in [2.24, 2.45) is 0 Å². The van der Waals surface area contributed by atoms with Gasteiger partial charge in [0, 0.05) is 18.2 Å². The number of nitrogens with zero attached hydrogens (tertiary/aromatic N) is 1. The second-order valence-corrected chi connectivity index (χ2v) is 21.6. The Hall–Kier alpha value is -1.22. The normalized spacial score (nSPS) is 19.4. The Labute approximate surface area is 274 Å². The summed E-state index contributed by atoms with van der Waals surface area (Å²) in [7, 11) is 2.39. The van der Waals surface area contributed by atoms with Gasteiger partial charge in [0.25, 0.3) is 0 Å². The average molecular weight is 640 g/mol. The van der Waals surface area contributed by atoms with E-state index in [1.54, 1.807) is 5.30 Å². The number of ether oxygens (including phenoxy) is 1. The Balaban J connectivity index is 2.02. The number of hydrogen-bond donors (Lipinski definition) is 0. The molecule has 1 unspecified atom stereocenters. The second kappa shape index (κ2) is 14.3. The minimum Gasteiger partial charge on any atom is -0.496 e. The lowest BCUT2D eigenvalue weighted by atomic mass is 9.77. The Morgan fingerprint density at radius 2 is 1.23 bits per heavy atom. The van der Waals surface area contributed by atoms with E-state index in [0.29, 0.717) is 0 Å². The maximum Gasteiger partial charge on any atom is 0.126 e. The lowest BCUT2D eigenvalue weighted by molar-refractivity contribution is 0.379. The van der Waals surface area contributed by atoms with Crippen LogP contribution in [0.3, 0.4) is 0 Å². The Bertz CT molecular complexity index is 1220. The van der Waals surface area contributed by atoms with Gasteiger partial charge in [-0.15, -0.1) is 0 Å². The predicted molar refractivity (Wildman–Crippen MR) is 195 cm³/mol. The summed E-state index contributed by atoms with van der Waals surface area (Å²) in [4.78, 5) is 0. The molecule has 2 aliphatic rings. The number of benzene rings is 2. The lowest BCUT2D eigenvalue weighted by Gasteiger charge is -2.42. The van der Waals surface area contributed by atoms with E-state index in [-0.39, 0.29) is 29.5 Å². The molecule has 0 amide bonds. The Kier molecular flexibility index (Phi) is 11.6. The second-order valence-electron chi connectivity index (χ2n) is 16.5. The van der Waals surface area contributed by atoms with Gasteiger partial charge in [0.2, 0.25) is 0 Å². The number of rotatable bonds is 8. The third-order valence-electron chi connectivity index (χ3n) is 9.84. The quantitative estimate of drug-likeness (QED) is 0.269. The molecule has 0 bridgehead atoms. The fraction of sp³-hybridized carbons (Fsp3) is 0.692. The molecule has 0 aromatic heterocycles. The molecular weight excluding hydrogens is 577 g/mol. The highest BCUT2D eigenvalue weighted by molar-refractivity contribution is 7.84. The van der Waals surface area contributed by atoms with E-state index in [1.165, 1.54) is 86.5 Å². The Morgan fingerprint density at radius 3 is 1.64 bits per heavy atom. The number of hydrogen-bond acceptors (Lipinski definition) is 2. The van der Waals surface area contributed by atoms with Gasteiger partial charge in [-0.3, -0.25) is 0 Å². The van der Waals surface area contributed by atoms with E-state index < -0.39 is 11.0 Å². The van der Waals surface area contributed by atoms with Crippen LogP contribution >= 0.6 is 7.92 Å². The molecule has 0 radical (unpaired) electrons. The first-order valence-electron chi connectivity index (χ1n) is 17.3. The summed E-state index contributed by atoms with van der Waals surface area (Å²) in [5.41, 5.74) is 6.44. The van der Waals surface area contributed by atoms with Gasteiger partial charge in [0.15, 0.2) is 0 Å². The summed E-state index contributed by atoms with van der Waals surface area (Å²) in [5, 5.41) is 1.58. The van der Waals surface area contributed by atoms with Crippen LogP contribution in [0.5, 0.6) is 5.75 Å². The topological polar surface area (TPSA) is 29.5 Å². The molecule has 0 N–H and O–H groups in total. The van der Waals surface area contributed by atoms with E-state index in [9.17, 15) is 4.21 Å². The van der Waals surface area contributed by atoms with Crippen molar-refractivity contribution in [3.05, 3.63) is 58.7 Å². The minimum atomic E-state index is -1.20. The van der Waals surface area contributed by atoms with Crippen molar-refractivity contribution in [1.82, 2.24) is 4.31 Å². The van der Waals surface area contributed by atoms with Gasteiger partial charge in [0.1, 0.15) is 16.7 Å². The first kappa shape index (κ1) is 35.6. The van der Waals surface area contributed by atoms with Crippen LogP contribution in [0, 0.1) is 0 Å². The molecule has 2 aliphatic carbocycles. The Morgan fingerprint density at radius 1 is 0.773 bits per heavy atom. The van der Waals surface area contributed by atoms with Crippen LogP contribution < -0.4 is 10.0 Å². The van der Waals surface area contributed by atoms with Crippen LogP contribution in [0.1, 0.15) is 155 Å². The van der Waals surface area contributed by atoms with E-state index in [1.807, 2.05) is 7.11 Å². The van der Waals surface area contributed by atoms with Crippen molar-refractivity contribution in [2.75, 3.05) is 14.2 Å². The van der Waals surface area contributed by atoms with Gasteiger partial charge in [-0.05, 0) is 97.2 Å². The molecule has 3 nitrogen and oxygen atoms in total. The average Bonchev–Trinajstić information content (AvgIpc) is 2.97. The third kappa shape index (κ3) is 8.01. The molecule has 4 rings (SSSR count). The first-order chi connectivity index (χ1) is 20.6. The van der Waals surface area contributed by atoms with Gasteiger partial charge >= 0.3 is 0 Å². The molecule has 0 saturated heterocycles. The molecule has 2 fully saturated rings. The highest BCUT2D eigenvalue weighted by atomic mass is 32.2. The molecule has 2 aromatic rings. The van der Waals surface area contributed by atoms with Gasteiger partial charge in [-0.1, -0.05) is 112 Å².